The molecule has 1 heterocycles. The first-order valence-corrected chi connectivity index (χ1v) is 8.03. The highest BCUT2D eigenvalue weighted by Gasteiger charge is 2.08. The van der Waals surface area contributed by atoms with Gasteiger partial charge in [-0.3, -0.25) is 0 Å². The summed E-state index contributed by atoms with van der Waals surface area (Å²) in [5, 5.41) is 6.76. The van der Waals surface area contributed by atoms with Gasteiger partial charge in [-0.05, 0) is 19.3 Å². The summed E-state index contributed by atoms with van der Waals surface area (Å²) in [6.07, 6.45) is 1.05. The molecule has 4 heteroatoms. The van der Waals surface area contributed by atoms with Gasteiger partial charge in [0.1, 0.15) is 5.82 Å². The predicted molar refractivity (Wildman–Crippen MR) is 94.2 cm³/mol. The van der Waals surface area contributed by atoms with Crippen molar-refractivity contribution in [3.05, 3.63) is 36.4 Å². The van der Waals surface area contributed by atoms with E-state index >= 15 is 0 Å². The first kappa shape index (κ1) is 16.3. The minimum Gasteiger partial charge on any atom is -0.367 e. The Kier molecular flexibility index (Phi) is 5.75. The average molecular weight is 298 g/mol. The van der Waals surface area contributed by atoms with Crippen molar-refractivity contribution in [2.24, 2.45) is 5.92 Å². The SMILES string of the molecule is CCC(C)Nc1cc(-c2ccccc2)nc(NCC(C)C)n1. The number of hydrogen-bond acceptors (Lipinski definition) is 4. The third-order valence-electron chi connectivity index (χ3n) is 3.47. The third kappa shape index (κ3) is 4.72. The van der Waals surface area contributed by atoms with Crippen molar-refractivity contribution in [2.45, 2.75) is 40.2 Å². The molecule has 0 aliphatic rings. The van der Waals surface area contributed by atoms with E-state index in [1.807, 2.05) is 24.3 Å². The molecule has 1 unspecified atom stereocenters. The zero-order valence-corrected chi connectivity index (χ0v) is 13.9. The van der Waals surface area contributed by atoms with Crippen molar-refractivity contribution in [3.8, 4) is 11.3 Å². The highest BCUT2D eigenvalue weighted by Crippen LogP contribution is 2.22. The maximum absolute atomic E-state index is 4.65. The Morgan fingerprint density at radius 3 is 2.41 bits per heavy atom. The molecule has 2 rings (SSSR count). The van der Waals surface area contributed by atoms with Crippen LogP contribution in [0.2, 0.25) is 0 Å². The molecular formula is C18H26N4. The Labute approximate surface area is 133 Å². The maximum Gasteiger partial charge on any atom is 0.225 e. The van der Waals surface area contributed by atoms with Gasteiger partial charge in [-0.15, -0.1) is 0 Å². The van der Waals surface area contributed by atoms with Crippen LogP contribution in [0.15, 0.2) is 36.4 Å². The molecule has 0 fully saturated rings. The maximum atomic E-state index is 4.65. The van der Waals surface area contributed by atoms with Gasteiger partial charge in [-0.25, -0.2) is 4.98 Å². The minimum absolute atomic E-state index is 0.386. The standard InChI is InChI=1S/C18H26N4/c1-5-14(4)20-17-11-16(15-9-7-6-8-10-15)21-18(22-17)19-12-13(2)3/h6-11,13-14H,5,12H2,1-4H3,(H2,19,20,21,22). The van der Waals surface area contributed by atoms with Crippen LogP contribution in [0.4, 0.5) is 11.8 Å². The highest BCUT2D eigenvalue weighted by molar-refractivity contribution is 5.64. The van der Waals surface area contributed by atoms with E-state index in [4.69, 9.17) is 0 Å². The van der Waals surface area contributed by atoms with Gasteiger partial charge in [0.2, 0.25) is 5.95 Å². The van der Waals surface area contributed by atoms with Crippen LogP contribution in [-0.4, -0.2) is 22.6 Å². The van der Waals surface area contributed by atoms with Gasteiger partial charge >= 0.3 is 0 Å². The normalized spacial score (nSPS) is 12.2. The average Bonchev–Trinajstić information content (AvgIpc) is 2.53. The zero-order chi connectivity index (χ0) is 15.9. The van der Waals surface area contributed by atoms with Crippen molar-refractivity contribution in [1.29, 1.82) is 0 Å². The molecule has 0 spiro atoms. The number of anilines is 2. The Bertz CT molecular complexity index is 581. The van der Waals surface area contributed by atoms with Gasteiger partial charge in [0.15, 0.2) is 0 Å². The van der Waals surface area contributed by atoms with E-state index < -0.39 is 0 Å². The van der Waals surface area contributed by atoms with Crippen LogP contribution >= 0.6 is 0 Å². The third-order valence-corrected chi connectivity index (χ3v) is 3.47. The predicted octanol–water partition coefficient (Wildman–Crippen LogP) is 4.42. The summed E-state index contributed by atoms with van der Waals surface area (Å²) in [7, 11) is 0. The Morgan fingerprint density at radius 1 is 1.05 bits per heavy atom. The van der Waals surface area contributed by atoms with E-state index in [2.05, 4.69) is 60.4 Å². The van der Waals surface area contributed by atoms with Crippen LogP contribution in [0.5, 0.6) is 0 Å². The van der Waals surface area contributed by atoms with E-state index in [0.29, 0.717) is 17.9 Å². The van der Waals surface area contributed by atoms with Crippen LogP contribution in [0.3, 0.4) is 0 Å². The van der Waals surface area contributed by atoms with Crippen LogP contribution in [0, 0.1) is 5.92 Å². The molecule has 118 valence electrons. The van der Waals surface area contributed by atoms with Gasteiger partial charge in [0.05, 0.1) is 5.69 Å². The lowest BCUT2D eigenvalue weighted by atomic mass is 10.1. The Balaban J connectivity index is 2.31. The molecule has 2 N–H and O–H groups in total. The van der Waals surface area contributed by atoms with Gasteiger partial charge < -0.3 is 10.6 Å². The van der Waals surface area contributed by atoms with Crippen LogP contribution in [0.1, 0.15) is 34.1 Å². The highest BCUT2D eigenvalue weighted by atomic mass is 15.1. The van der Waals surface area contributed by atoms with Crippen LogP contribution in [0.25, 0.3) is 11.3 Å². The monoisotopic (exact) mass is 298 g/mol. The quantitative estimate of drug-likeness (QED) is 0.794. The lowest BCUT2D eigenvalue weighted by molar-refractivity contribution is 0.684. The smallest absolute Gasteiger partial charge is 0.225 e. The van der Waals surface area contributed by atoms with Crippen molar-refractivity contribution in [2.75, 3.05) is 17.2 Å². The molecule has 0 saturated heterocycles. The second kappa shape index (κ2) is 7.78. The van der Waals surface area contributed by atoms with Crippen LogP contribution in [-0.2, 0) is 0 Å². The molecule has 4 nitrogen and oxygen atoms in total. The first-order valence-electron chi connectivity index (χ1n) is 8.03. The Hall–Kier alpha value is -2.10. The topological polar surface area (TPSA) is 49.8 Å². The summed E-state index contributed by atoms with van der Waals surface area (Å²) >= 11 is 0. The summed E-state index contributed by atoms with van der Waals surface area (Å²) in [5.41, 5.74) is 2.04. The second-order valence-corrected chi connectivity index (χ2v) is 6.06. The number of aromatic nitrogens is 2. The molecular weight excluding hydrogens is 272 g/mol. The summed E-state index contributed by atoms with van der Waals surface area (Å²) < 4.78 is 0. The number of benzene rings is 1. The fourth-order valence-corrected chi connectivity index (χ4v) is 2.01. The molecule has 0 saturated carbocycles. The van der Waals surface area contributed by atoms with Crippen molar-refractivity contribution in [3.63, 3.8) is 0 Å². The summed E-state index contributed by atoms with van der Waals surface area (Å²) in [4.78, 5) is 9.23. The first-order chi connectivity index (χ1) is 10.6. The lowest BCUT2D eigenvalue weighted by Crippen LogP contribution is -2.16. The molecule has 1 atom stereocenters. The second-order valence-electron chi connectivity index (χ2n) is 6.06. The fraction of sp³-hybridized carbons (Fsp3) is 0.444. The van der Waals surface area contributed by atoms with Crippen molar-refractivity contribution in [1.82, 2.24) is 9.97 Å². The van der Waals surface area contributed by atoms with E-state index in [0.717, 1.165) is 30.0 Å². The minimum atomic E-state index is 0.386. The molecule has 0 amide bonds. The van der Waals surface area contributed by atoms with Crippen LogP contribution < -0.4 is 10.6 Å². The number of hydrogen-bond donors (Lipinski definition) is 2. The molecule has 2 aromatic rings. The van der Waals surface area contributed by atoms with E-state index in [1.54, 1.807) is 0 Å². The summed E-state index contributed by atoms with van der Waals surface area (Å²) in [5.74, 6) is 2.10. The molecule has 0 aliphatic heterocycles. The largest absolute Gasteiger partial charge is 0.367 e. The van der Waals surface area contributed by atoms with Gasteiger partial charge in [-0.1, -0.05) is 51.1 Å². The molecule has 0 aliphatic carbocycles. The summed E-state index contributed by atoms with van der Waals surface area (Å²) in [6.45, 7) is 9.53. The van der Waals surface area contributed by atoms with Crippen molar-refractivity contribution < 1.29 is 0 Å². The van der Waals surface area contributed by atoms with Gasteiger partial charge in [0, 0.05) is 24.2 Å². The number of nitrogens with one attached hydrogen (secondary N) is 2. The van der Waals surface area contributed by atoms with E-state index in [-0.39, 0.29) is 0 Å². The zero-order valence-electron chi connectivity index (χ0n) is 13.9. The fourth-order valence-electron chi connectivity index (χ4n) is 2.01. The van der Waals surface area contributed by atoms with Gasteiger partial charge in [-0.2, -0.15) is 4.98 Å². The van der Waals surface area contributed by atoms with Crippen molar-refractivity contribution >= 4 is 11.8 Å². The lowest BCUT2D eigenvalue weighted by Gasteiger charge is -2.15. The van der Waals surface area contributed by atoms with Gasteiger partial charge in [0.25, 0.3) is 0 Å². The number of rotatable bonds is 7. The van der Waals surface area contributed by atoms with E-state index in [1.165, 1.54) is 0 Å². The van der Waals surface area contributed by atoms with E-state index in [9.17, 15) is 0 Å². The molecule has 0 bridgehead atoms. The molecule has 1 aromatic carbocycles. The summed E-state index contributed by atoms with van der Waals surface area (Å²) in [6, 6.07) is 12.6. The molecule has 1 aromatic heterocycles. The molecule has 22 heavy (non-hydrogen) atoms. The Morgan fingerprint density at radius 2 is 1.77 bits per heavy atom. The molecule has 0 radical (unpaired) electrons. The number of nitrogens with zero attached hydrogens (tertiary/aromatic N) is 2.